The number of hydrogen-bond donors (Lipinski definition) is 1. The predicted octanol–water partition coefficient (Wildman–Crippen LogP) is 4.18. The van der Waals surface area contributed by atoms with Crippen LogP contribution < -0.4 is 5.32 Å². The standard InChI is InChI=1S/C25H25N3O5/c1-14-6-7-15(2)21(10-14)28-16(3)11-18(17(28)4)12-20-23(29)27(25(31)26-20)13-19-8-9-22(33-19)24(30)32-5/h6-12H,13H2,1-5H3,(H,26,31). The van der Waals surface area contributed by atoms with Gasteiger partial charge in [0.15, 0.2) is 0 Å². The summed E-state index contributed by atoms with van der Waals surface area (Å²) in [5, 5.41) is 2.64. The lowest BCUT2D eigenvalue weighted by Gasteiger charge is -2.13. The van der Waals surface area contributed by atoms with Gasteiger partial charge < -0.3 is 19.0 Å². The highest BCUT2D eigenvalue weighted by Gasteiger charge is 2.34. The Morgan fingerprint density at radius 1 is 1.09 bits per heavy atom. The molecule has 2 aromatic heterocycles. The van der Waals surface area contributed by atoms with Crippen LogP contribution in [-0.4, -0.2) is 34.5 Å². The van der Waals surface area contributed by atoms with Gasteiger partial charge in [-0.3, -0.25) is 9.69 Å². The summed E-state index contributed by atoms with van der Waals surface area (Å²) in [5.74, 6) is -0.784. The van der Waals surface area contributed by atoms with Gasteiger partial charge in [0.25, 0.3) is 5.91 Å². The molecule has 1 aromatic carbocycles. The molecule has 3 heterocycles. The second kappa shape index (κ2) is 8.46. The Balaban J connectivity index is 1.61. The van der Waals surface area contributed by atoms with Crippen molar-refractivity contribution in [3.63, 3.8) is 0 Å². The Labute approximate surface area is 191 Å². The number of ether oxygens (including phenoxy) is 1. The molecule has 4 rings (SSSR count). The lowest BCUT2D eigenvalue weighted by molar-refractivity contribution is -0.123. The number of urea groups is 1. The first-order valence-electron chi connectivity index (χ1n) is 10.5. The molecule has 0 unspecified atom stereocenters. The maximum absolute atomic E-state index is 12.9. The average Bonchev–Trinajstić information content (AvgIpc) is 3.43. The Morgan fingerprint density at radius 2 is 1.85 bits per heavy atom. The fourth-order valence-corrected chi connectivity index (χ4v) is 3.96. The maximum Gasteiger partial charge on any atom is 0.373 e. The molecule has 8 heteroatoms. The van der Waals surface area contributed by atoms with Crippen molar-refractivity contribution in [2.75, 3.05) is 7.11 Å². The molecule has 3 amide bonds. The van der Waals surface area contributed by atoms with Gasteiger partial charge in [-0.1, -0.05) is 12.1 Å². The van der Waals surface area contributed by atoms with Crippen LogP contribution in [0.2, 0.25) is 0 Å². The van der Waals surface area contributed by atoms with E-state index < -0.39 is 17.9 Å². The highest BCUT2D eigenvalue weighted by Crippen LogP contribution is 2.27. The Hall–Kier alpha value is -4.07. The van der Waals surface area contributed by atoms with Gasteiger partial charge in [0, 0.05) is 17.1 Å². The summed E-state index contributed by atoms with van der Waals surface area (Å²) in [5.41, 5.74) is 6.38. The highest BCUT2D eigenvalue weighted by molar-refractivity contribution is 6.13. The van der Waals surface area contributed by atoms with Crippen molar-refractivity contribution in [1.29, 1.82) is 0 Å². The molecule has 0 bridgehead atoms. The lowest BCUT2D eigenvalue weighted by atomic mass is 10.1. The molecular weight excluding hydrogens is 422 g/mol. The predicted molar refractivity (Wildman–Crippen MR) is 122 cm³/mol. The molecule has 1 N–H and O–H groups in total. The number of benzene rings is 1. The van der Waals surface area contributed by atoms with E-state index in [1.807, 2.05) is 19.9 Å². The van der Waals surface area contributed by atoms with E-state index in [1.165, 1.54) is 19.2 Å². The number of imide groups is 1. The summed E-state index contributed by atoms with van der Waals surface area (Å²) in [6.07, 6.45) is 1.69. The second-order valence-electron chi connectivity index (χ2n) is 8.09. The van der Waals surface area contributed by atoms with Crippen LogP contribution in [-0.2, 0) is 16.1 Å². The van der Waals surface area contributed by atoms with E-state index in [-0.39, 0.29) is 18.0 Å². The van der Waals surface area contributed by atoms with E-state index in [2.05, 4.69) is 46.7 Å². The second-order valence-corrected chi connectivity index (χ2v) is 8.09. The summed E-state index contributed by atoms with van der Waals surface area (Å²) in [7, 11) is 1.25. The molecule has 0 spiro atoms. The third-order valence-corrected chi connectivity index (χ3v) is 5.70. The minimum atomic E-state index is -0.627. The largest absolute Gasteiger partial charge is 0.463 e. The summed E-state index contributed by atoms with van der Waals surface area (Å²) >= 11 is 0. The van der Waals surface area contributed by atoms with E-state index in [9.17, 15) is 14.4 Å². The fraction of sp³-hybridized carbons (Fsp3) is 0.240. The highest BCUT2D eigenvalue weighted by atomic mass is 16.5. The Kier molecular flexibility index (Phi) is 5.68. The number of amides is 3. The fourth-order valence-electron chi connectivity index (χ4n) is 3.96. The van der Waals surface area contributed by atoms with Gasteiger partial charge in [-0.15, -0.1) is 0 Å². The number of hydrogen-bond acceptors (Lipinski definition) is 5. The van der Waals surface area contributed by atoms with Crippen molar-refractivity contribution >= 4 is 24.0 Å². The molecule has 3 aromatic rings. The molecule has 0 saturated carbocycles. The van der Waals surface area contributed by atoms with Gasteiger partial charge in [-0.25, -0.2) is 9.59 Å². The first kappa shape index (κ1) is 22.1. The number of esters is 1. The van der Waals surface area contributed by atoms with Crippen LogP contribution in [0.25, 0.3) is 11.8 Å². The summed E-state index contributed by atoms with van der Waals surface area (Å²) < 4.78 is 12.1. The minimum Gasteiger partial charge on any atom is -0.463 e. The molecule has 33 heavy (non-hydrogen) atoms. The lowest BCUT2D eigenvalue weighted by Crippen LogP contribution is -2.30. The number of furan rings is 1. The summed E-state index contributed by atoms with van der Waals surface area (Å²) in [4.78, 5) is 38.0. The van der Waals surface area contributed by atoms with E-state index in [4.69, 9.17) is 4.42 Å². The van der Waals surface area contributed by atoms with Crippen molar-refractivity contribution in [2.45, 2.75) is 34.2 Å². The molecular formula is C25H25N3O5. The van der Waals surface area contributed by atoms with Gasteiger partial charge in [-0.2, -0.15) is 0 Å². The van der Waals surface area contributed by atoms with E-state index >= 15 is 0 Å². The first-order valence-corrected chi connectivity index (χ1v) is 10.5. The van der Waals surface area contributed by atoms with Gasteiger partial charge in [0.05, 0.1) is 13.7 Å². The van der Waals surface area contributed by atoms with Gasteiger partial charge in [0.1, 0.15) is 11.5 Å². The first-order chi connectivity index (χ1) is 15.7. The van der Waals surface area contributed by atoms with Gasteiger partial charge in [0.2, 0.25) is 5.76 Å². The van der Waals surface area contributed by atoms with Gasteiger partial charge >= 0.3 is 12.0 Å². The number of carbonyl (C=O) groups excluding carboxylic acids is 3. The SMILES string of the molecule is COC(=O)c1ccc(CN2C(=O)NC(=Cc3cc(C)n(-c4cc(C)ccc4C)c3C)C2=O)o1. The quantitative estimate of drug-likeness (QED) is 0.360. The third kappa shape index (κ3) is 4.07. The van der Waals surface area contributed by atoms with Crippen LogP contribution in [0.1, 0.15) is 44.4 Å². The molecule has 1 fully saturated rings. The van der Waals surface area contributed by atoms with Crippen LogP contribution >= 0.6 is 0 Å². The number of methoxy groups -OCH3 is 1. The number of carbonyl (C=O) groups is 3. The van der Waals surface area contributed by atoms with Crippen molar-refractivity contribution in [3.8, 4) is 5.69 Å². The molecule has 1 saturated heterocycles. The minimum absolute atomic E-state index is 0.00852. The maximum atomic E-state index is 12.9. The molecule has 1 aliphatic heterocycles. The molecule has 8 nitrogen and oxygen atoms in total. The smallest absolute Gasteiger partial charge is 0.373 e. The number of rotatable bonds is 5. The molecule has 0 aliphatic carbocycles. The number of aromatic nitrogens is 1. The normalized spacial score (nSPS) is 14.8. The van der Waals surface area contributed by atoms with E-state index in [1.54, 1.807) is 6.08 Å². The van der Waals surface area contributed by atoms with Crippen LogP contribution in [0.4, 0.5) is 4.79 Å². The summed E-state index contributed by atoms with van der Waals surface area (Å²) in [6.45, 7) is 8.00. The van der Waals surface area contributed by atoms with Crippen LogP contribution in [0.5, 0.6) is 0 Å². The summed E-state index contributed by atoms with van der Waals surface area (Å²) in [6, 6.07) is 10.7. The Bertz CT molecular complexity index is 1310. The molecule has 1 aliphatic rings. The van der Waals surface area contributed by atoms with Crippen molar-refractivity contribution in [3.05, 3.63) is 81.7 Å². The zero-order valence-electron chi connectivity index (χ0n) is 19.2. The average molecular weight is 447 g/mol. The topological polar surface area (TPSA) is 93.8 Å². The zero-order chi connectivity index (χ0) is 23.9. The Morgan fingerprint density at radius 3 is 2.58 bits per heavy atom. The third-order valence-electron chi connectivity index (χ3n) is 5.70. The van der Waals surface area contributed by atoms with Gasteiger partial charge in [-0.05, 0) is 74.7 Å². The van der Waals surface area contributed by atoms with E-state index in [0.717, 1.165) is 38.7 Å². The van der Waals surface area contributed by atoms with Crippen molar-refractivity contribution < 1.29 is 23.5 Å². The van der Waals surface area contributed by atoms with Crippen molar-refractivity contribution in [2.24, 2.45) is 0 Å². The molecule has 170 valence electrons. The van der Waals surface area contributed by atoms with Crippen molar-refractivity contribution in [1.82, 2.24) is 14.8 Å². The number of nitrogens with one attached hydrogen (secondary N) is 1. The van der Waals surface area contributed by atoms with Crippen LogP contribution in [0.15, 0.2) is 46.5 Å². The monoisotopic (exact) mass is 447 g/mol. The number of nitrogens with zero attached hydrogens (tertiary/aromatic N) is 2. The molecule has 0 radical (unpaired) electrons. The zero-order valence-corrected chi connectivity index (χ0v) is 19.2. The van der Waals surface area contributed by atoms with E-state index in [0.29, 0.717) is 5.76 Å². The molecule has 0 atom stereocenters. The number of aryl methyl sites for hydroxylation is 3. The van der Waals surface area contributed by atoms with Crippen LogP contribution in [0.3, 0.4) is 0 Å². The van der Waals surface area contributed by atoms with Crippen LogP contribution in [0, 0.1) is 27.7 Å².